The Morgan fingerprint density at radius 3 is 1.89 bits per heavy atom. The van der Waals surface area contributed by atoms with Crippen molar-refractivity contribution in [3.05, 3.63) is 88.4 Å². The van der Waals surface area contributed by atoms with Crippen LogP contribution in [0.25, 0.3) is 0 Å². The average molecular weight is 447 g/mol. The van der Waals surface area contributed by atoms with Crippen molar-refractivity contribution < 1.29 is 4.79 Å². The van der Waals surface area contributed by atoms with E-state index in [2.05, 4.69) is 10.5 Å². The van der Waals surface area contributed by atoms with Crippen molar-refractivity contribution in [1.82, 2.24) is 5.43 Å². The van der Waals surface area contributed by atoms with Crippen molar-refractivity contribution in [2.24, 2.45) is 5.10 Å². The van der Waals surface area contributed by atoms with E-state index in [1.807, 2.05) is 60.7 Å². The Labute approximate surface area is 182 Å². The SMILES string of the molecule is O=C(CSc1ccc(Cl)cc1)N/N=C\c1ccc(Sc2ccc(Cl)cc2)cc1. The summed E-state index contributed by atoms with van der Waals surface area (Å²) in [4.78, 5) is 15.1. The number of nitrogens with one attached hydrogen (secondary N) is 1. The van der Waals surface area contributed by atoms with Gasteiger partial charge in [0.05, 0.1) is 12.0 Å². The molecule has 0 heterocycles. The molecule has 0 unspecified atom stereocenters. The molecule has 1 amide bonds. The lowest BCUT2D eigenvalue weighted by Crippen LogP contribution is -2.19. The van der Waals surface area contributed by atoms with Gasteiger partial charge in [0, 0.05) is 24.7 Å². The minimum Gasteiger partial charge on any atom is -0.272 e. The number of carbonyl (C=O) groups excluding carboxylic acids is 1. The predicted molar refractivity (Wildman–Crippen MR) is 120 cm³/mol. The van der Waals surface area contributed by atoms with Crippen molar-refractivity contribution >= 4 is 58.8 Å². The van der Waals surface area contributed by atoms with Gasteiger partial charge in [-0.3, -0.25) is 4.79 Å². The fraction of sp³-hybridized carbons (Fsp3) is 0.0476. The molecule has 3 rings (SSSR count). The first kappa shape index (κ1) is 20.8. The molecule has 0 bridgehead atoms. The van der Waals surface area contributed by atoms with Crippen LogP contribution in [0.15, 0.2) is 92.6 Å². The fourth-order valence-electron chi connectivity index (χ4n) is 2.15. The number of rotatable bonds is 7. The van der Waals surface area contributed by atoms with Crippen LogP contribution in [0.2, 0.25) is 10.0 Å². The van der Waals surface area contributed by atoms with Crippen LogP contribution < -0.4 is 5.43 Å². The van der Waals surface area contributed by atoms with E-state index >= 15 is 0 Å². The minimum absolute atomic E-state index is 0.161. The van der Waals surface area contributed by atoms with Crippen LogP contribution in [-0.4, -0.2) is 17.9 Å². The van der Waals surface area contributed by atoms with E-state index in [1.165, 1.54) is 11.8 Å². The molecule has 1 N–H and O–H groups in total. The summed E-state index contributed by atoms with van der Waals surface area (Å²) in [6.07, 6.45) is 1.63. The average Bonchev–Trinajstić information content (AvgIpc) is 2.71. The molecule has 3 nitrogen and oxygen atoms in total. The second-order valence-electron chi connectivity index (χ2n) is 5.66. The molecule has 142 valence electrons. The Morgan fingerprint density at radius 2 is 1.32 bits per heavy atom. The molecular weight excluding hydrogens is 431 g/mol. The number of halogens is 2. The van der Waals surface area contributed by atoms with Crippen molar-refractivity contribution in [3.8, 4) is 0 Å². The van der Waals surface area contributed by atoms with Crippen LogP contribution >= 0.6 is 46.7 Å². The molecule has 28 heavy (non-hydrogen) atoms. The third-order valence-corrected chi connectivity index (χ3v) is 6.05. The maximum absolute atomic E-state index is 11.9. The molecule has 0 aliphatic rings. The van der Waals surface area contributed by atoms with Gasteiger partial charge in [-0.05, 0) is 66.2 Å². The smallest absolute Gasteiger partial charge is 0.250 e. The number of hydrogen-bond acceptors (Lipinski definition) is 4. The minimum atomic E-state index is -0.161. The van der Waals surface area contributed by atoms with Gasteiger partial charge in [-0.25, -0.2) is 5.43 Å². The van der Waals surface area contributed by atoms with Crippen LogP contribution in [0.3, 0.4) is 0 Å². The van der Waals surface area contributed by atoms with Gasteiger partial charge in [0.15, 0.2) is 0 Å². The summed E-state index contributed by atoms with van der Waals surface area (Å²) in [6, 6.07) is 23.0. The van der Waals surface area contributed by atoms with Gasteiger partial charge in [0.2, 0.25) is 5.91 Å². The fourth-order valence-corrected chi connectivity index (χ4v) is 3.91. The van der Waals surface area contributed by atoms with Gasteiger partial charge in [-0.2, -0.15) is 5.10 Å². The molecule has 0 spiro atoms. The summed E-state index contributed by atoms with van der Waals surface area (Å²) in [7, 11) is 0. The van der Waals surface area contributed by atoms with Crippen molar-refractivity contribution in [1.29, 1.82) is 0 Å². The highest BCUT2D eigenvalue weighted by atomic mass is 35.5. The zero-order valence-electron chi connectivity index (χ0n) is 14.6. The lowest BCUT2D eigenvalue weighted by atomic mass is 10.2. The Balaban J connectivity index is 1.45. The second kappa shape index (κ2) is 10.6. The van der Waals surface area contributed by atoms with Crippen LogP contribution in [0.4, 0.5) is 0 Å². The van der Waals surface area contributed by atoms with Crippen LogP contribution in [0.5, 0.6) is 0 Å². The molecule has 0 saturated heterocycles. The van der Waals surface area contributed by atoms with Crippen molar-refractivity contribution in [2.75, 3.05) is 5.75 Å². The summed E-state index contributed by atoms with van der Waals surface area (Å²) < 4.78 is 0. The third kappa shape index (κ3) is 6.91. The Kier molecular flexibility index (Phi) is 7.86. The van der Waals surface area contributed by atoms with Gasteiger partial charge in [0.25, 0.3) is 0 Å². The first-order chi connectivity index (χ1) is 13.6. The molecule has 7 heteroatoms. The first-order valence-corrected chi connectivity index (χ1v) is 10.9. The molecule has 0 fully saturated rings. The molecule has 0 aromatic heterocycles. The third-order valence-electron chi connectivity index (χ3n) is 3.52. The van der Waals surface area contributed by atoms with Gasteiger partial charge in [-0.15, -0.1) is 11.8 Å². The maximum atomic E-state index is 11.9. The molecular formula is C21H16Cl2N2OS2. The highest BCUT2D eigenvalue weighted by Gasteiger charge is 2.02. The number of hydrazone groups is 1. The first-order valence-electron chi connectivity index (χ1n) is 8.32. The zero-order chi connectivity index (χ0) is 19.8. The van der Waals surface area contributed by atoms with Gasteiger partial charge in [-0.1, -0.05) is 47.1 Å². The summed E-state index contributed by atoms with van der Waals surface area (Å²) >= 11 is 14.8. The van der Waals surface area contributed by atoms with Crippen molar-refractivity contribution in [3.63, 3.8) is 0 Å². The number of benzene rings is 3. The lowest BCUT2D eigenvalue weighted by Gasteiger charge is -2.03. The number of amides is 1. The summed E-state index contributed by atoms with van der Waals surface area (Å²) in [5.74, 6) is 0.126. The number of thioether (sulfide) groups is 1. The van der Waals surface area contributed by atoms with E-state index in [9.17, 15) is 4.79 Å². The quantitative estimate of drug-likeness (QED) is 0.259. The lowest BCUT2D eigenvalue weighted by molar-refractivity contribution is -0.118. The topological polar surface area (TPSA) is 41.5 Å². The Morgan fingerprint density at radius 1 is 0.821 bits per heavy atom. The van der Waals surface area contributed by atoms with E-state index in [0.717, 1.165) is 25.3 Å². The van der Waals surface area contributed by atoms with Crippen LogP contribution in [0, 0.1) is 0 Å². The molecule has 0 aliphatic carbocycles. The second-order valence-corrected chi connectivity index (χ2v) is 8.73. The number of nitrogens with zero attached hydrogens (tertiary/aromatic N) is 1. The summed E-state index contributed by atoms with van der Waals surface area (Å²) in [5.41, 5.74) is 3.45. The highest BCUT2D eigenvalue weighted by Crippen LogP contribution is 2.28. The van der Waals surface area contributed by atoms with E-state index in [0.29, 0.717) is 5.02 Å². The van der Waals surface area contributed by atoms with E-state index < -0.39 is 0 Å². The number of carbonyl (C=O) groups is 1. The zero-order valence-corrected chi connectivity index (χ0v) is 17.8. The molecule has 3 aromatic carbocycles. The molecule has 0 radical (unpaired) electrons. The van der Waals surface area contributed by atoms with Gasteiger partial charge in [0.1, 0.15) is 0 Å². The van der Waals surface area contributed by atoms with Gasteiger partial charge < -0.3 is 0 Å². The Hall–Kier alpha value is -1.92. The van der Waals surface area contributed by atoms with Gasteiger partial charge >= 0.3 is 0 Å². The van der Waals surface area contributed by atoms with E-state index in [-0.39, 0.29) is 11.7 Å². The number of hydrogen-bond donors (Lipinski definition) is 1. The van der Waals surface area contributed by atoms with Crippen LogP contribution in [-0.2, 0) is 4.79 Å². The van der Waals surface area contributed by atoms with Crippen LogP contribution in [0.1, 0.15) is 5.56 Å². The van der Waals surface area contributed by atoms with E-state index in [1.54, 1.807) is 30.1 Å². The molecule has 0 saturated carbocycles. The van der Waals surface area contributed by atoms with E-state index in [4.69, 9.17) is 23.2 Å². The monoisotopic (exact) mass is 446 g/mol. The summed E-state index contributed by atoms with van der Waals surface area (Å²) in [5, 5.41) is 5.41. The Bertz CT molecular complexity index is 944. The largest absolute Gasteiger partial charge is 0.272 e. The molecule has 3 aromatic rings. The molecule has 0 aliphatic heterocycles. The summed E-state index contributed by atoms with van der Waals surface area (Å²) in [6.45, 7) is 0. The normalized spacial score (nSPS) is 10.9. The van der Waals surface area contributed by atoms with Crippen molar-refractivity contribution in [2.45, 2.75) is 14.7 Å². The highest BCUT2D eigenvalue weighted by molar-refractivity contribution is 8.00. The maximum Gasteiger partial charge on any atom is 0.250 e. The predicted octanol–water partition coefficient (Wildman–Crippen LogP) is 6.39. The molecule has 0 atom stereocenters. The standard InChI is InChI=1S/C21H16Cl2N2OS2/c22-16-3-9-18(10-4-16)27-14-21(26)25-24-13-15-1-7-19(8-2-15)28-20-11-5-17(23)6-12-20/h1-13H,14H2,(H,25,26)/b24-13-.